The Morgan fingerprint density at radius 3 is 2.44 bits per heavy atom. The standard InChI is InChI=1S/C11H20F3NO/c1-9(2)4-5-10(15-3)6-7-16-8-11(12,13)14/h10,15H,1,4-8H2,2-3H3. The van der Waals surface area contributed by atoms with Gasteiger partial charge in [-0.25, -0.2) is 0 Å². The van der Waals surface area contributed by atoms with Gasteiger partial charge in [-0.3, -0.25) is 0 Å². The van der Waals surface area contributed by atoms with E-state index >= 15 is 0 Å². The Balaban J connectivity index is 3.59. The average molecular weight is 239 g/mol. The van der Waals surface area contributed by atoms with Gasteiger partial charge < -0.3 is 10.1 Å². The van der Waals surface area contributed by atoms with Gasteiger partial charge in [-0.05, 0) is 33.2 Å². The Bertz CT molecular complexity index is 204. The van der Waals surface area contributed by atoms with Crippen molar-refractivity contribution in [3.8, 4) is 0 Å². The second-order valence-corrected chi connectivity index (χ2v) is 3.94. The summed E-state index contributed by atoms with van der Waals surface area (Å²) in [5.74, 6) is 0. The van der Waals surface area contributed by atoms with Crippen LogP contribution in [0, 0.1) is 0 Å². The second kappa shape index (κ2) is 7.68. The Labute approximate surface area is 94.9 Å². The van der Waals surface area contributed by atoms with Crippen LogP contribution >= 0.6 is 0 Å². The highest BCUT2D eigenvalue weighted by Crippen LogP contribution is 2.15. The van der Waals surface area contributed by atoms with Gasteiger partial charge in [-0.1, -0.05) is 5.57 Å². The van der Waals surface area contributed by atoms with E-state index < -0.39 is 12.8 Å². The molecule has 0 rings (SSSR count). The molecule has 0 aromatic rings. The summed E-state index contributed by atoms with van der Waals surface area (Å²) in [5.41, 5.74) is 1.08. The lowest BCUT2D eigenvalue weighted by Crippen LogP contribution is -2.27. The summed E-state index contributed by atoms with van der Waals surface area (Å²) >= 11 is 0. The van der Waals surface area contributed by atoms with Gasteiger partial charge in [0.1, 0.15) is 6.61 Å². The lowest BCUT2D eigenvalue weighted by molar-refractivity contribution is -0.174. The van der Waals surface area contributed by atoms with Gasteiger partial charge in [0.05, 0.1) is 0 Å². The zero-order chi connectivity index (χ0) is 12.6. The molecule has 0 aliphatic rings. The molecule has 0 spiro atoms. The van der Waals surface area contributed by atoms with Crippen molar-refractivity contribution in [3.05, 3.63) is 12.2 Å². The van der Waals surface area contributed by atoms with Crippen molar-refractivity contribution in [3.63, 3.8) is 0 Å². The first-order chi connectivity index (χ1) is 7.35. The molecule has 96 valence electrons. The van der Waals surface area contributed by atoms with Crippen molar-refractivity contribution in [1.82, 2.24) is 5.32 Å². The van der Waals surface area contributed by atoms with E-state index in [1.807, 2.05) is 6.92 Å². The third-order valence-corrected chi connectivity index (χ3v) is 2.20. The van der Waals surface area contributed by atoms with E-state index in [0.717, 1.165) is 18.4 Å². The van der Waals surface area contributed by atoms with E-state index in [0.29, 0.717) is 6.42 Å². The van der Waals surface area contributed by atoms with Crippen molar-refractivity contribution < 1.29 is 17.9 Å². The van der Waals surface area contributed by atoms with E-state index in [1.54, 1.807) is 7.05 Å². The molecule has 0 heterocycles. The normalized spacial score (nSPS) is 13.8. The Morgan fingerprint density at radius 2 is 2.00 bits per heavy atom. The smallest absolute Gasteiger partial charge is 0.372 e. The molecule has 0 saturated heterocycles. The molecule has 0 aromatic heterocycles. The summed E-state index contributed by atoms with van der Waals surface area (Å²) < 4.78 is 39.8. The summed E-state index contributed by atoms with van der Waals surface area (Å²) in [5, 5.41) is 3.05. The molecule has 1 N–H and O–H groups in total. The zero-order valence-electron chi connectivity index (χ0n) is 9.86. The van der Waals surface area contributed by atoms with Crippen LogP contribution in [0.5, 0.6) is 0 Å². The zero-order valence-corrected chi connectivity index (χ0v) is 9.86. The maximum absolute atomic E-state index is 11.8. The van der Waals surface area contributed by atoms with Crippen LogP contribution in [-0.4, -0.2) is 32.5 Å². The molecule has 1 atom stereocenters. The maximum atomic E-state index is 11.8. The highest BCUT2D eigenvalue weighted by atomic mass is 19.4. The molecular formula is C11H20F3NO. The molecule has 2 nitrogen and oxygen atoms in total. The Hall–Kier alpha value is -0.550. The summed E-state index contributed by atoms with van der Waals surface area (Å²) in [4.78, 5) is 0. The number of rotatable bonds is 8. The molecule has 0 fully saturated rings. The van der Waals surface area contributed by atoms with Crippen molar-refractivity contribution in [2.45, 2.75) is 38.4 Å². The van der Waals surface area contributed by atoms with E-state index in [2.05, 4.69) is 16.6 Å². The second-order valence-electron chi connectivity index (χ2n) is 3.94. The van der Waals surface area contributed by atoms with Crippen LogP contribution < -0.4 is 5.32 Å². The first kappa shape index (κ1) is 15.4. The van der Waals surface area contributed by atoms with Crippen LogP contribution in [0.25, 0.3) is 0 Å². The number of hydrogen-bond donors (Lipinski definition) is 1. The third kappa shape index (κ3) is 9.98. The highest BCUT2D eigenvalue weighted by molar-refractivity contribution is 4.89. The molecule has 0 bridgehead atoms. The molecule has 0 amide bonds. The number of halogens is 3. The molecule has 5 heteroatoms. The fourth-order valence-corrected chi connectivity index (χ4v) is 1.27. The summed E-state index contributed by atoms with van der Waals surface area (Å²) in [6.45, 7) is 4.68. The van der Waals surface area contributed by atoms with E-state index in [4.69, 9.17) is 0 Å². The molecule has 16 heavy (non-hydrogen) atoms. The average Bonchev–Trinajstić information content (AvgIpc) is 2.15. The van der Waals surface area contributed by atoms with Crippen molar-refractivity contribution >= 4 is 0 Å². The maximum Gasteiger partial charge on any atom is 0.411 e. The van der Waals surface area contributed by atoms with Gasteiger partial charge in [0, 0.05) is 12.6 Å². The fourth-order valence-electron chi connectivity index (χ4n) is 1.27. The van der Waals surface area contributed by atoms with Crippen LogP contribution in [0.3, 0.4) is 0 Å². The topological polar surface area (TPSA) is 21.3 Å². The molecule has 1 unspecified atom stereocenters. The van der Waals surface area contributed by atoms with Crippen LogP contribution in [0.1, 0.15) is 26.2 Å². The first-order valence-electron chi connectivity index (χ1n) is 5.31. The van der Waals surface area contributed by atoms with Crippen molar-refractivity contribution in [1.29, 1.82) is 0 Å². The van der Waals surface area contributed by atoms with Gasteiger partial charge in [0.25, 0.3) is 0 Å². The Morgan fingerprint density at radius 1 is 1.38 bits per heavy atom. The van der Waals surface area contributed by atoms with Crippen LogP contribution in [0.4, 0.5) is 13.2 Å². The van der Waals surface area contributed by atoms with Crippen LogP contribution in [0.2, 0.25) is 0 Å². The largest absolute Gasteiger partial charge is 0.411 e. The molecule has 0 aliphatic carbocycles. The number of hydrogen-bond acceptors (Lipinski definition) is 2. The molecule has 0 saturated carbocycles. The van der Waals surface area contributed by atoms with Gasteiger partial charge in [-0.2, -0.15) is 13.2 Å². The molecule has 0 radical (unpaired) electrons. The minimum atomic E-state index is -4.23. The van der Waals surface area contributed by atoms with Crippen LogP contribution in [0.15, 0.2) is 12.2 Å². The van der Waals surface area contributed by atoms with Gasteiger partial charge in [0.15, 0.2) is 0 Å². The predicted octanol–water partition coefficient (Wildman–Crippen LogP) is 2.90. The monoisotopic (exact) mass is 239 g/mol. The summed E-state index contributed by atoms with van der Waals surface area (Å²) in [6, 6.07) is 0.185. The highest BCUT2D eigenvalue weighted by Gasteiger charge is 2.27. The van der Waals surface area contributed by atoms with Crippen molar-refractivity contribution in [2.75, 3.05) is 20.3 Å². The van der Waals surface area contributed by atoms with E-state index in [-0.39, 0.29) is 12.6 Å². The number of nitrogens with one attached hydrogen (secondary N) is 1. The first-order valence-corrected chi connectivity index (χ1v) is 5.31. The number of alkyl halides is 3. The number of allylic oxidation sites excluding steroid dienone is 1. The molecule has 0 aliphatic heterocycles. The number of ether oxygens (including phenoxy) is 1. The minimum Gasteiger partial charge on any atom is -0.372 e. The van der Waals surface area contributed by atoms with Gasteiger partial charge in [0.2, 0.25) is 0 Å². The predicted molar refractivity (Wildman–Crippen MR) is 58.4 cm³/mol. The van der Waals surface area contributed by atoms with Crippen molar-refractivity contribution in [2.24, 2.45) is 0 Å². The fraction of sp³-hybridized carbons (Fsp3) is 0.818. The quantitative estimate of drug-likeness (QED) is 0.519. The molecule has 0 aromatic carbocycles. The SMILES string of the molecule is C=C(C)CCC(CCOCC(F)(F)F)NC. The lowest BCUT2D eigenvalue weighted by atomic mass is 10.1. The van der Waals surface area contributed by atoms with Gasteiger partial charge >= 0.3 is 6.18 Å². The van der Waals surface area contributed by atoms with E-state index in [1.165, 1.54) is 0 Å². The lowest BCUT2D eigenvalue weighted by Gasteiger charge is -2.16. The summed E-state index contributed by atoms with van der Waals surface area (Å²) in [7, 11) is 1.80. The van der Waals surface area contributed by atoms with Gasteiger partial charge in [-0.15, -0.1) is 6.58 Å². The Kier molecular flexibility index (Phi) is 7.42. The van der Waals surface area contributed by atoms with E-state index in [9.17, 15) is 13.2 Å². The van der Waals surface area contributed by atoms with Crippen LogP contribution in [-0.2, 0) is 4.74 Å². The minimum absolute atomic E-state index is 0.126. The summed E-state index contributed by atoms with van der Waals surface area (Å²) in [6.07, 6.45) is -1.89. The third-order valence-electron chi connectivity index (χ3n) is 2.20. The molecular weight excluding hydrogens is 219 g/mol.